The van der Waals surface area contributed by atoms with E-state index < -0.39 is 22.9 Å². The molecule has 0 aliphatic carbocycles. The summed E-state index contributed by atoms with van der Waals surface area (Å²) >= 11 is 0. The van der Waals surface area contributed by atoms with E-state index in [1.54, 1.807) is 18.2 Å². The Bertz CT molecular complexity index is 1580. The zero-order valence-electron chi connectivity index (χ0n) is 21.8. The van der Waals surface area contributed by atoms with Crippen LogP contribution in [-0.4, -0.2) is 72.1 Å². The third-order valence-corrected chi connectivity index (χ3v) is 6.56. The quantitative estimate of drug-likeness (QED) is 0.292. The van der Waals surface area contributed by atoms with Gasteiger partial charge in [0.05, 0.1) is 38.1 Å². The first-order valence-electron chi connectivity index (χ1n) is 12.8. The number of methoxy groups -OCH3 is 1. The number of hydrogen-bond donors (Lipinski definition) is 1. The molecule has 1 aliphatic heterocycles. The van der Waals surface area contributed by atoms with Crippen LogP contribution in [0.15, 0.2) is 65.7 Å². The van der Waals surface area contributed by atoms with Gasteiger partial charge >= 0.3 is 5.97 Å². The smallest absolute Gasteiger partial charge is 0.341 e. The number of rotatable bonds is 10. The summed E-state index contributed by atoms with van der Waals surface area (Å²) in [4.78, 5) is 30.8. The standard InChI is InChI=1S/C29H28FN3O7/c1-37-26-17-21-23(18-27(26)39-13-3-9-32-11-14-38-15-12-32)31-8-7-24(21)40-25-16-19(5-6-22(25)30)33-10-2-4-20(28(33)34)29(35)36/h2,4-8,10,16-18H,3,9,11-15H2,1H3,(H,35,36). The molecule has 0 radical (unpaired) electrons. The van der Waals surface area contributed by atoms with Crippen molar-refractivity contribution in [2.24, 2.45) is 0 Å². The Labute approximate surface area is 229 Å². The molecule has 4 aromatic rings. The molecule has 1 aliphatic rings. The Kier molecular flexibility index (Phi) is 8.23. The summed E-state index contributed by atoms with van der Waals surface area (Å²) in [6.07, 6.45) is 3.78. The van der Waals surface area contributed by atoms with Gasteiger partial charge in [-0.2, -0.15) is 0 Å². The molecule has 10 nitrogen and oxygen atoms in total. The van der Waals surface area contributed by atoms with Crippen molar-refractivity contribution >= 4 is 16.9 Å². The summed E-state index contributed by atoms with van der Waals surface area (Å²) in [5.41, 5.74) is -0.346. The van der Waals surface area contributed by atoms with E-state index >= 15 is 0 Å². The summed E-state index contributed by atoms with van der Waals surface area (Å²) in [7, 11) is 1.53. The maximum atomic E-state index is 14.8. The number of morpholine rings is 1. The predicted octanol–water partition coefficient (Wildman–Crippen LogP) is 4.13. The van der Waals surface area contributed by atoms with Gasteiger partial charge in [-0.05, 0) is 42.8 Å². The molecule has 2 aromatic heterocycles. The molecule has 40 heavy (non-hydrogen) atoms. The second-order valence-electron chi connectivity index (χ2n) is 9.10. The average molecular weight is 550 g/mol. The van der Waals surface area contributed by atoms with Crippen molar-refractivity contribution in [3.63, 3.8) is 0 Å². The molecule has 0 amide bonds. The fraction of sp³-hybridized carbons (Fsp3) is 0.276. The number of ether oxygens (including phenoxy) is 4. The lowest BCUT2D eigenvalue weighted by molar-refractivity contribution is 0.0357. The maximum Gasteiger partial charge on any atom is 0.341 e. The maximum absolute atomic E-state index is 14.8. The van der Waals surface area contributed by atoms with Gasteiger partial charge in [-0.15, -0.1) is 0 Å². The van der Waals surface area contributed by atoms with E-state index in [4.69, 9.17) is 18.9 Å². The molecule has 0 atom stereocenters. The number of benzene rings is 2. The van der Waals surface area contributed by atoms with E-state index in [1.165, 1.54) is 43.8 Å². The highest BCUT2D eigenvalue weighted by Crippen LogP contribution is 2.38. The van der Waals surface area contributed by atoms with Gasteiger partial charge in [-0.3, -0.25) is 19.2 Å². The number of aromatic nitrogens is 2. The van der Waals surface area contributed by atoms with Gasteiger partial charge < -0.3 is 24.1 Å². The highest BCUT2D eigenvalue weighted by molar-refractivity contribution is 5.88. The minimum atomic E-state index is -1.35. The molecule has 0 bridgehead atoms. The van der Waals surface area contributed by atoms with Crippen LogP contribution in [0, 0.1) is 5.82 Å². The highest BCUT2D eigenvalue weighted by Gasteiger charge is 2.16. The summed E-state index contributed by atoms with van der Waals surface area (Å²) in [5, 5.41) is 9.84. The largest absolute Gasteiger partial charge is 0.493 e. The topological polar surface area (TPSA) is 112 Å². The zero-order chi connectivity index (χ0) is 28.1. The minimum absolute atomic E-state index is 0.153. The molecular weight excluding hydrogens is 521 g/mol. The lowest BCUT2D eigenvalue weighted by atomic mass is 10.1. The first kappa shape index (κ1) is 27.1. The van der Waals surface area contributed by atoms with Gasteiger partial charge in [0.25, 0.3) is 5.56 Å². The van der Waals surface area contributed by atoms with Gasteiger partial charge in [0.2, 0.25) is 0 Å². The molecular formula is C29H28FN3O7. The molecule has 0 saturated carbocycles. The van der Waals surface area contributed by atoms with Crippen LogP contribution in [0.5, 0.6) is 23.0 Å². The molecule has 0 unspecified atom stereocenters. The normalized spacial score (nSPS) is 13.8. The number of fused-ring (bicyclic) bond motifs is 1. The van der Waals surface area contributed by atoms with Crippen LogP contribution < -0.4 is 19.8 Å². The summed E-state index contributed by atoms with van der Waals surface area (Å²) in [5.74, 6) is -0.848. The van der Waals surface area contributed by atoms with Crippen molar-refractivity contribution < 1.29 is 33.2 Å². The summed E-state index contributed by atoms with van der Waals surface area (Å²) < 4.78 is 38.8. The molecule has 208 valence electrons. The van der Waals surface area contributed by atoms with E-state index in [1.807, 2.05) is 0 Å². The van der Waals surface area contributed by atoms with Gasteiger partial charge in [-0.25, -0.2) is 9.18 Å². The highest BCUT2D eigenvalue weighted by atomic mass is 19.1. The second kappa shape index (κ2) is 12.1. The zero-order valence-corrected chi connectivity index (χ0v) is 21.8. The third-order valence-electron chi connectivity index (χ3n) is 6.56. The lowest BCUT2D eigenvalue weighted by Crippen LogP contribution is -2.37. The number of nitrogens with zero attached hydrogens (tertiary/aromatic N) is 3. The fourth-order valence-corrected chi connectivity index (χ4v) is 4.48. The second-order valence-corrected chi connectivity index (χ2v) is 9.10. The molecule has 2 aromatic carbocycles. The predicted molar refractivity (Wildman–Crippen MR) is 145 cm³/mol. The van der Waals surface area contributed by atoms with E-state index in [0.29, 0.717) is 34.8 Å². The van der Waals surface area contributed by atoms with Crippen LogP contribution in [0.25, 0.3) is 16.6 Å². The van der Waals surface area contributed by atoms with Gasteiger partial charge in [0.1, 0.15) is 11.3 Å². The Morgan fingerprint density at radius 1 is 1.07 bits per heavy atom. The number of halogens is 1. The molecule has 1 saturated heterocycles. The number of pyridine rings is 2. The van der Waals surface area contributed by atoms with E-state index in [-0.39, 0.29) is 11.4 Å². The Balaban J connectivity index is 1.38. The SMILES string of the molecule is COc1cc2c(Oc3cc(-n4cccc(C(=O)O)c4=O)ccc3F)ccnc2cc1OCCCN1CCOCC1. The molecule has 1 N–H and O–H groups in total. The molecule has 11 heteroatoms. The van der Waals surface area contributed by atoms with Crippen LogP contribution in [0.1, 0.15) is 16.8 Å². The van der Waals surface area contributed by atoms with E-state index in [9.17, 15) is 19.1 Å². The fourth-order valence-electron chi connectivity index (χ4n) is 4.48. The average Bonchev–Trinajstić information content (AvgIpc) is 2.97. The van der Waals surface area contributed by atoms with Crippen LogP contribution in [0.4, 0.5) is 4.39 Å². The van der Waals surface area contributed by atoms with Crippen molar-refractivity contribution in [3.8, 4) is 28.7 Å². The number of carboxylic acid groups (broad SMARTS) is 1. The monoisotopic (exact) mass is 549 g/mol. The van der Waals surface area contributed by atoms with E-state index in [0.717, 1.165) is 49.9 Å². The number of hydrogen-bond acceptors (Lipinski definition) is 8. The molecule has 0 spiro atoms. The van der Waals surface area contributed by atoms with Gasteiger partial charge in [-0.1, -0.05) is 0 Å². The summed E-state index contributed by atoms with van der Waals surface area (Å²) in [6.45, 7) is 4.74. The Morgan fingerprint density at radius 2 is 1.90 bits per heavy atom. The molecule has 3 heterocycles. The van der Waals surface area contributed by atoms with E-state index in [2.05, 4.69) is 9.88 Å². The van der Waals surface area contributed by atoms with Gasteiger partial charge in [0, 0.05) is 49.5 Å². The van der Waals surface area contributed by atoms with Crippen molar-refractivity contribution in [1.29, 1.82) is 0 Å². The van der Waals surface area contributed by atoms with Crippen LogP contribution in [0.3, 0.4) is 0 Å². The Morgan fingerprint density at radius 3 is 2.67 bits per heavy atom. The molecule has 1 fully saturated rings. The van der Waals surface area contributed by atoms with Crippen molar-refractivity contribution in [2.75, 3.05) is 46.6 Å². The first-order chi connectivity index (χ1) is 19.4. The molecule has 5 rings (SSSR count). The number of aromatic carboxylic acids is 1. The number of carbonyl (C=O) groups is 1. The number of carboxylic acids is 1. The Hall–Kier alpha value is -4.48. The first-order valence-corrected chi connectivity index (χ1v) is 12.8. The van der Waals surface area contributed by atoms with Crippen LogP contribution in [0.2, 0.25) is 0 Å². The van der Waals surface area contributed by atoms with Crippen molar-refractivity contribution in [2.45, 2.75) is 6.42 Å². The van der Waals surface area contributed by atoms with Crippen molar-refractivity contribution in [3.05, 3.63) is 82.7 Å². The van der Waals surface area contributed by atoms with Crippen molar-refractivity contribution in [1.82, 2.24) is 14.5 Å². The van der Waals surface area contributed by atoms with Crippen LogP contribution >= 0.6 is 0 Å². The third kappa shape index (κ3) is 5.90. The van der Waals surface area contributed by atoms with Crippen LogP contribution in [-0.2, 0) is 4.74 Å². The summed E-state index contributed by atoms with van der Waals surface area (Å²) in [6, 6.07) is 11.5. The van der Waals surface area contributed by atoms with Gasteiger partial charge in [0.15, 0.2) is 23.1 Å². The lowest BCUT2D eigenvalue weighted by Gasteiger charge is -2.26. The minimum Gasteiger partial charge on any atom is -0.493 e.